The van der Waals surface area contributed by atoms with Gasteiger partial charge in [-0.15, -0.1) is 0 Å². The second-order valence-electron chi connectivity index (χ2n) is 12.5. The van der Waals surface area contributed by atoms with Crippen LogP contribution < -0.4 is 10.4 Å². The van der Waals surface area contributed by atoms with Gasteiger partial charge in [-0.25, -0.2) is 4.39 Å². The number of hydrogen-bond donors (Lipinski definition) is 0. The maximum atomic E-state index is 14.2. The number of rotatable bonds is 12. The second-order valence-corrected chi connectivity index (χ2v) is 17.3. The first-order valence-electron chi connectivity index (χ1n) is 15.3. The van der Waals surface area contributed by atoms with Crippen molar-refractivity contribution in [3.05, 3.63) is 113 Å². The summed E-state index contributed by atoms with van der Waals surface area (Å²) in [5.41, 5.74) is 6.69. The highest BCUT2D eigenvalue weighted by molar-refractivity contribution is 9.08. The van der Waals surface area contributed by atoms with Crippen LogP contribution in [0.5, 0.6) is 0 Å². The number of benzene rings is 3. The molecule has 1 heterocycles. The van der Waals surface area contributed by atoms with E-state index >= 15 is 0 Å². The Morgan fingerprint density at radius 1 is 0.833 bits per heavy atom. The van der Waals surface area contributed by atoms with Gasteiger partial charge in [-0.1, -0.05) is 143 Å². The van der Waals surface area contributed by atoms with E-state index < -0.39 is 8.32 Å². The Kier molecular flexibility index (Phi) is 11.0. The van der Waals surface area contributed by atoms with E-state index in [9.17, 15) is 4.39 Å². The van der Waals surface area contributed by atoms with Gasteiger partial charge in [0.15, 0.2) is 0 Å². The zero-order valence-corrected chi connectivity index (χ0v) is 28.6. The van der Waals surface area contributed by atoms with Crippen molar-refractivity contribution in [3.8, 4) is 11.1 Å². The topological polar surface area (TPSA) is 22.1 Å². The molecule has 0 bridgehead atoms. The Bertz CT molecular complexity index is 1390. The van der Waals surface area contributed by atoms with Crippen molar-refractivity contribution in [2.45, 2.75) is 90.1 Å². The van der Waals surface area contributed by atoms with Gasteiger partial charge in [0, 0.05) is 16.6 Å². The van der Waals surface area contributed by atoms with Crippen molar-refractivity contribution in [1.29, 1.82) is 0 Å². The predicted octanol–water partition coefficient (Wildman–Crippen LogP) is 9.72. The summed E-state index contributed by atoms with van der Waals surface area (Å²) in [7, 11) is -2.79. The molecule has 0 unspecified atom stereocenters. The van der Waals surface area contributed by atoms with Crippen molar-refractivity contribution < 1.29 is 8.82 Å². The zero-order chi connectivity index (χ0) is 30.3. The summed E-state index contributed by atoms with van der Waals surface area (Å²) in [4.78, 5) is 5.30. The number of pyridine rings is 1. The molecular formula is C37H45BrFNOSi. The smallest absolute Gasteiger partial charge is 0.261 e. The molecule has 0 spiro atoms. The van der Waals surface area contributed by atoms with Gasteiger partial charge < -0.3 is 4.43 Å². The van der Waals surface area contributed by atoms with Crippen molar-refractivity contribution >= 4 is 34.6 Å². The fourth-order valence-corrected chi connectivity index (χ4v) is 11.2. The summed E-state index contributed by atoms with van der Waals surface area (Å²) in [5.74, 6) is -0.0281. The maximum Gasteiger partial charge on any atom is 0.261 e. The SMILES string of the molecule is CCCCCc1c(CBr)nc(C(C)C)c(CO[Si](c2ccccc2)(c2ccccc2)C(C)(C)C)c1-c1ccc(F)cc1. The fraction of sp³-hybridized carbons (Fsp3) is 0.378. The van der Waals surface area contributed by atoms with Crippen molar-refractivity contribution in [3.63, 3.8) is 0 Å². The molecule has 3 aromatic carbocycles. The molecule has 0 aliphatic heterocycles. The van der Waals surface area contributed by atoms with E-state index in [0.717, 1.165) is 53.8 Å². The summed E-state index contributed by atoms with van der Waals surface area (Å²) < 4.78 is 21.7. The lowest BCUT2D eigenvalue weighted by Gasteiger charge is -2.43. The molecule has 4 aromatic rings. The molecule has 0 atom stereocenters. The van der Waals surface area contributed by atoms with Gasteiger partial charge in [-0.3, -0.25) is 4.98 Å². The molecule has 0 aliphatic rings. The van der Waals surface area contributed by atoms with E-state index in [1.807, 2.05) is 12.1 Å². The molecule has 0 N–H and O–H groups in total. The van der Waals surface area contributed by atoms with Crippen molar-refractivity contribution in [1.82, 2.24) is 4.98 Å². The molecule has 0 amide bonds. The number of aromatic nitrogens is 1. The quantitative estimate of drug-likeness (QED) is 0.0869. The number of halogens is 2. The number of alkyl halides is 1. The van der Waals surface area contributed by atoms with Crippen molar-refractivity contribution in [2.75, 3.05) is 0 Å². The highest BCUT2D eigenvalue weighted by Gasteiger charge is 2.50. The van der Waals surface area contributed by atoms with E-state index in [0.29, 0.717) is 11.9 Å². The molecule has 0 aliphatic carbocycles. The Morgan fingerprint density at radius 3 is 1.88 bits per heavy atom. The van der Waals surface area contributed by atoms with Gasteiger partial charge in [0.1, 0.15) is 5.82 Å². The lowest BCUT2D eigenvalue weighted by molar-refractivity contribution is 0.284. The molecule has 0 saturated carbocycles. The molecule has 4 rings (SSSR count). The predicted molar refractivity (Wildman–Crippen MR) is 182 cm³/mol. The summed E-state index contributed by atoms with van der Waals surface area (Å²) in [6, 6.07) is 28.5. The summed E-state index contributed by atoms with van der Waals surface area (Å²) in [5, 5.41) is 3.05. The zero-order valence-electron chi connectivity index (χ0n) is 26.0. The van der Waals surface area contributed by atoms with Crippen LogP contribution in [0.25, 0.3) is 11.1 Å². The summed E-state index contributed by atoms with van der Waals surface area (Å²) >= 11 is 3.75. The number of nitrogens with zero attached hydrogens (tertiary/aromatic N) is 1. The van der Waals surface area contributed by atoms with Crippen LogP contribution in [-0.2, 0) is 22.8 Å². The first-order valence-corrected chi connectivity index (χ1v) is 18.3. The van der Waals surface area contributed by atoms with Crippen LogP contribution in [-0.4, -0.2) is 13.3 Å². The summed E-state index contributed by atoms with van der Waals surface area (Å²) in [6.45, 7) is 14.0. The summed E-state index contributed by atoms with van der Waals surface area (Å²) in [6.07, 6.45) is 4.32. The molecule has 42 heavy (non-hydrogen) atoms. The highest BCUT2D eigenvalue weighted by Crippen LogP contribution is 2.41. The Hall–Kier alpha value is -2.60. The lowest BCUT2D eigenvalue weighted by atomic mass is 9.88. The maximum absolute atomic E-state index is 14.2. The minimum absolute atomic E-state index is 0.142. The van der Waals surface area contributed by atoms with Crippen LogP contribution in [0.3, 0.4) is 0 Å². The average Bonchev–Trinajstić information content (AvgIpc) is 2.98. The first kappa shape index (κ1) is 32.3. The lowest BCUT2D eigenvalue weighted by Crippen LogP contribution is -2.66. The normalized spacial score (nSPS) is 12.2. The second kappa shape index (κ2) is 14.2. The average molecular weight is 647 g/mol. The number of unbranched alkanes of at least 4 members (excludes halogenated alkanes) is 2. The van der Waals surface area contributed by atoms with Gasteiger partial charge >= 0.3 is 0 Å². The van der Waals surface area contributed by atoms with Crippen LogP contribution in [0.4, 0.5) is 4.39 Å². The Labute approximate surface area is 262 Å². The molecule has 1 aromatic heterocycles. The van der Waals surface area contributed by atoms with Gasteiger partial charge in [0.05, 0.1) is 12.3 Å². The third-order valence-corrected chi connectivity index (χ3v) is 13.7. The fourth-order valence-electron chi connectivity index (χ4n) is 6.20. The minimum atomic E-state index is -2.79. The molecule has 0 saturated heterocycles. The Morgan fingerprint density at radius 2 is 1.40 bits per heavy atom. The third-order valence-electron chi connectivity index (χ3n) is 8.20. The van der Waals surface area contributed by atoms with Crippen LogP contribution in [0.15, 0.2) is 84.9 Å². The largest absolute Gasteiger partial charge is 0.403 e. The Balaban J connectivity index is 1.99. The molecule has 0 radical (unpaired) electrons. The van der Waals surface area contributed by atoms with Crippen LogP contribution >= 0.6 is 15.9 Å². The minimum Gasteiger partial charge on any atom is -0.403 e. The van der Waals surface area contributed by atoms with Crippen molar-refractivity contribution in [2.24, 2.45) is 0 Å². The van der Waals surface area contributed by atoms with Crippen LogP contribution in [0.1, 0.15) is 89.2 Å². The van der Waals surface area contributed by atoms with Gasteiger partial charge in [-0.05, 0) is 63.0 Å². The first-order chi connectivity index (χ1) is 20.1. The molecular weight excluding hydrogens is 601 g/mol. The van der Waals surface area contributed by atoms with Crippen LogP contribution in [0.2, 0.25) is 5.04 Å². The van der Waals surface area contributed by atoms with E-state index in [-0.39, 0.29) is 16.8 Å². The molecule has 222 valence electrons. The molecule has 0 fully saturated rings. The monoisotopic (exact) mass is 645 g/mol. The standard InChI is InChI=1S/C37H45BrFNOSi/c1-7-8-11-20-32-34(25-38)40-36(27(2)3)33(35(32)28-21-23-29(39)24-22-28)26-41-42(37(4,5)6,30-16-12-9-13-17-30)31-18-14-10-15-19-31/h9-10,12-19,21-24,27H,7-8,11,20,25-26H2,1-6H3. The van der Waals surface area contributed by atoms with E-state index in [4.69, 9.17) is 9.41 Å². The highest BCUT2D eigenvalue weighted by atomic mass is 79.9. The molecule has 5 heteroatoms. The van der Waals surface area contributed by atoms with Gasteiger partial charge in [-0.2, -0.15) is 0 Å². The number of hydrogen-bond acceptors (Lipinski definition) is 2. The van der Waals surface area contributed by atoms with E-state index in [2.05, 4.69) is 118 Å². The van der Waals surface area contributed by atoms with E-state index in [1.165, 1.54) is 15.9 Å². The van der Waals surface area contributed by atoms with Gasteiger partial charge in [0.2, 0.25) is 0 Å². The van der Waals surface area contributed by atoms with Gasteiger partial charge in [0.25, 0.3) is 8.32 Å². The molecule has 2 nitrogen and oxygen atoms in total. The van der Waals surface area contributed by atoms with Crippen LogP contribution in [0, 0.1) is 5.82 Å². The third kappa shape index (κ3) is 6.79. The van der Waals surface area contributed by atoms with E-state index in [1.54, 1.807) is 12.1 Å².